The summed E-state index contributed by atoms with van der Waals surface area (Å²) in [6.45, 7) is 2.06. The lowest BCUT2D eigenvalue weighted by Gasteiger charge is -2.01. The quantitative estimate of drug-likeness (QED) is 0.714. The standard InChI is InChI=1S/C11H13NO2/c1-2-8-3-5-9(6-4-8)7-10(12)11(13)14/h3-6,12H,2,7H2,1H3,(H,13,14). The number of carbonyl (C=O) groups is 1. The van der Waals surface area contributed by atoms with Crippen LogP contribution in [-0.2, 0) is 17.6 Å². The zero-order valence-electron chi connectivity index (χ0n) is 8.08. The molecule has 1 aromatic carbocycles. The van der Waals surface area contributed by atoms with Gasteiger partial charge in [0.2, 0.25) is 0 Å². The number of aliphatic carboxylic acids is 1. The molecule has 0 aliphatic carbocycles. The van der Waals surface area contributed by atoms with E-state index in [0.29, 0.717) is 0 Å². The largest absolute Gasteiger partial charge is 0.477 e. The van der Waals surface area contributed by atoms with Gasteiger partial charge in [-0.15, -0.1) is 0 Å². The maximum Gasteiger partial charge on any atom is 0.349 e. The third-order valence-electron chi connectivity index (χ3n) is 2.07. The van der Waals surface area contributed by atoms with Crippen LogP contribution in [0.5, 0.6) is 0 Å². The minimum atomic E-state index is -1.15. The lowest BCUT2D eigenvalue weighted by Crippen LogP contribution is -2.14. The minimum Gasteiger partial charge on any atom is -0.477 e. The Bertz CT molecular complexity index is 341. The Hall–Kier alpha value is -1.64. The van der Waals surface area contributed by atoms with Gasteiger partial charge in [-0.3, -0.25) is 5.41 Å². The molecule has 1 aromatic rings. The van der Waals surface area contributed by atoms with Crippen molar-refractivity contribution in [2.45, 2.75) is 19.8 Å². The van der Waals surface area contributed by atoms with Crippen LogP contribution < -0.4 is 0 Å². The van der Waals surface area contributed by atoms with Gasteiger partial charge >= 0.3 is 5.97 Å². The van der Waals surface area contributed by atoms with Gasteiger partial charge in [-0.25, -0.2) is 4.79 Å². The van der Waals surface area contributed by atoms with E-state index in [9.17, 15) is 4.79 Å². The van der Waals surface area contributed by atoms with Crippen LogP contribution in [0.25, 0.3) is 0 Å². The number of nitrogens with one attached hydrogen (secondary N) is 1. The Kier molecular flexibility index (Phi) is 3.40. The van der Waals surface area contributed by atoms with Gasteiger partial charge in [-0.2, -0.15) is 0 Å². The lowest BCUT2D eigenvalue weighted by molar-refractivity contribution is -0.129. The monoisotopic (exact) mass is 191 g/mol. The number of carboxylic acid groups (broad SMARTS) is 1. The first kappa shape index (κ1) is 10.4. The summed E-state index contributed by atoms with van der Waals surface area (Å²) in [4.78, 5) is 10.4. The van der Waals surface area contributed by atoms with Crippen LogP contribution in [0.4, 0.5) is 0 Å². The highest BCUT2D eigenvalue weighted by atomic mass is 16.4. The first-order chi connectivity index (χ1) is 6.63. The molecule has 3 heteroatoms. The third kappa shape index (κ3) is 2.69. The summed E-state index contributed by atoms with van der Waals surface area (Å²) < 4.78 is 0. The average molecular weight is 191 g/mol. The lowest BCUT2D eigenvalue weighted by atomic mass is 10.1. The molecule has 0 unspecified atom stereocenters. The van der Waals surface area contributed by atoms with Gasteiger partial charge in [0.25, 0.3) is 0 Å². The van der Waals surface area contributed by atoms with Crippen molar-refractivity contribution < 1.29 is 9.90 Å². The van der Waals surface area contributed by atoms with E-state index in [1.54, 1.807) is 0 Å². The molecule has 0 fully saturated rings. The maximum atomic E-state index is 10.4. The van der Waals surface area contributed by atoms with Gasteiger partial charge in [0.05, 0.1) is 0 Å². The number of aryl methyl sites for hydroxylation is 1. The van der Waals surface area contributed by atoms with Gasteiger partial charge < -0.3 is 5.11 Å². The second-order valence-electron chi connectivity index (χ2n) is 3.13. The van der Waals surface area contributed by atoms with E-state index in [-0.39, 0.29) is 12.1 Å². The Morgan fingerprint density at radius 2 is 1.79 bits per heavy atom. The second-order valence-corrected chi connectivity index (χ2v) is 3.13. The predicted octanol–water partition coefficient (Wildman–Crippen LogP) is 1.90. The second kappa shape index (κ2) is 4.56. The predicted molar refractivity (Wildman–Crippen MR) is 54.9 cm³/mol. The summed E-state index contributed by atoms with van der Waals surface area (Å²) in [5.74, 6) is -1.15. The topological polar surface area (TPSA) is 61.2 Å². The van der Waals surface area contributed by atoms with E-state index in [4.69, 9.17) is 10.5 Å². The Labute approximate surface area is 82.9 Å². The van der Waals surface area contributed by atoms with Crippen LogP contribution in [0.15, 0.2) is 24.3 Å². The van der Waals surface area contributed by atoms with Crippen LogP contribution in [0, 0.1) is 5.41 Å². The number of hydrogen-bond donors (Lipinski definition) is 2. The Balaban J connectivity index is 2.69. The van der Waals surface area contributed by atoms with Crippen molar-refractivity contribution in [3.63, 3.8) is 0 Å². The molecule has 0 saturated carbocycles. The number of carboxylic acids is 1. The zero-order chi connectivity index (χ0) is 10.6. The molecule has 0 heterocycles. The number of hydrogen-bond acceptors (Lipinski definition) is 2. The van der Waals surface area contributed by atoms with Gasteiger partial charge in [0, 0.05) is 6.42 Å². The highest BCUT2D eigenvalue weighted by Crippen LogP contribution is 2.06. The molecule has 0 saturated heterocycles. The van der Waals surface area contributed by atoms with E-state index >= 15 is 0 Å². The summed E-state index contributed by atoms with van der Waals surface area (Å²) in [6.07, 6.45) is 1.16. The molecule has 0 atom stereocenters. The summed E-state index contributed by atoms with van der Waals surface area (Å²) in [5, 5.41) is 15.7. The summed E-state index contributed by atoms with van der Waals surface area (Å²) in [5.41, 5.74) is 1.82. The Morgan fingerprint density at radius 1 is 1.29 bits per heavy atom. The first-order valence-electron chi connectivity index (χ1n) is 4.52. The molecule has 14 heavy (non-hydrogen) atoms. The van der Waals surface area contributed by atoms with E-state index < -0.39 is 5.97 Å². The molecule has 74 valence electrons. The fraction of sp³-hybridized carbons (Fsp3) is 0.273. The number of rotatable bonds is 4. The van der Waals surface area contributed by atoms with Gasteiger partial charge in [0.1, 0.15) is 5.71 Å². The molecule has 0 spiro atoms. The highest BCUT2D eigenvalue weighted by molar-refractivity contribution is 6.34. The molecule has 0 radical (unpaired) electrons. The normalized spacial score (nSPS) is 9.79. The fourth-order valence-corrected chi connectivity index (χ4v) is 1.17. The fourth-order valence-electron chi connectivity index (χ4n) is 1.17. The molecule has 0 bridgehead atoms. The SMILES string of the molecule is CCc1ccc(CC(=N)C(=O)O)cc1. The van der Waals surface area contributed by atoms with E-state index in [2.05, 4.69) is 6.92 Å². The number of benzene rings is 1. The van der Waals surface area contributed by atoms with Crippen molar-refractivity contribution in [3.05, 3.63) is 35.4 Å². The van der Waals surface area contributed by atoms with Crippen molar-refractivity contribution in [2.75, 3.05) is 0 Å². The van der Waals surface area contributed by atoms with Crippen molar-refractivity contribution in [1.29, 1.82) is 5.41 Å². The maximum absolute atomic E-state index is 10.4. The Morgan fingerprint density at radius 3 is 2.21 bits per heavy atom. The van der Waals surface area contributed by atoms with Crippen LogP contribution in [-0.4, -0.2) is 16.8 Å². The zero-order valence-corrected chi connectivity index (χ0v) is 8.08. The van der Waals surface area contributed by atoms with E-state index in [1.807, 2.05) is 24.3 Å². The van der Waals surface area contributed by atoms with Crippen LogP contribution in [0.2, 0.25) is 0 Å². The van der Waals surface area contributed by atoms with E-state index in [1.165, 1.54) is 5.56 Å². The summed E-state index contributed by atoms with van der Waals surface area (Å²) in [7, 11) is 0. The van der Waals surface area contributed by atoms with Gasteiger partial charge in [0.15, 0.2) is 0 Å². The molecule has 0 aliphatic heterocycles. The van der Waals surface area contributed by atoms with Crippen molar-refractivity contribution in [1.82, 2.24) is 0 Å². The molecule has 0 aliphatic rings. The minimum absolute atomic E-state index is 0.194. The van der Waals surface area contributed by atoms with Crippen molar-refractivity contribution in [3.8, 4) is 0 Å². The van der Waals surface area contributed by atoms with Crippen LogP contribution >= 0.6 is 0 Å². The smallest absolute Gasteiger partial charge is 0.349 e. The highest BCUT2D eigenvalue weighted by Gasteiger charge is 2.06. The molecule has 0 amide bonds. The van der Waals surface area contributed by atoms with Crippen molar-refractivity contribution >= 4 is 11.7 Å². The third-order valence-corrected chi connectivity index (χ3v) is 2.07. The molecule has 0 aromatic heterocycles. The van der Waals surface area contributed by atoms with Crippen LogP contribution in [0.3, 0.4) is 0 Å². The molecular weight excluding hydrogens is 178 g/mol. The van der Waals surface area contributed by atoms with Crippen LogP contribution in [0.1, 0.15) is 18.1 Å². The molecule has 3 nitrogen and oxygen atoms in total. The molecule has 2 N–H and O–H groups in total. The first-order valence-corrected chi connectivity index (χ1v) is 4.52. The van der Waals surface area contributed by atoms with E-state index in [0.717, 1.165) is 12.0 Å². The van der Waals surface area contributed by atoms with Gasteiger partial charge in [-0.1, -0.05) is 31.2 Å². The average Bonchev–Trinajstić information content (AvgIpc) is 2.19. The summed E-state index contributed by atoms with van der Waals surface area (Å²) >= 11 is 0. The molecular formula is C11H13NO2. The van der Waals surface area contributed by atoms with Gasteiger partial charge in [-0.05, 0) is 17.5 Å². The molecule has 1 rings (SSSR count). The summed E-state index contributed by atoms with van der Waals surface area (Å²) in [6, 6.07) is 7.67. The van der Waals surface area contributed by atoms with Crippen molar-refractivity contribution in [2.24, 2.45) is 0 Å².